The molecular weight excluding hydrogens is 450 g/mol. The Hall–Kier alpha value is -3.33. The third-order valence-electron chi connectivity index (χ3n) is 5.19. The van der Waals surface area contributed by atoms with Crippen LogP contribution in [0.25, 0.3) is 0 Å². The summed E-state index contributed by atoms with van der Waals surface area (Å²) in [7, 11) is 0. The van der Waals surface area contributed by atoms with Gasteiger partial charge in [-0.15, -0.1) is 12.4 Å². The van der Waals surface area contributed by atoms with Crippen LogP contribution in [0.1, 0.15) is 45.8 Å². The van der Waals surface area contributed by atoms with Crippen LogP contribution in [0.15, 0.2) is 36.5 Å². The van der Waals surface area contributed by atoms with Gasteiger partial charge in [-0.1, -0.05) is 6.07 Å². The molecule has 0 spiro atoms. The molecule has 0 saturated heterocycles. The van der Waals surface area contributed by atoms with E-state index < -0.39 is 58.3 Å². The fourth-order valence-corrected chi connectivity index (χ4v) is 3.38. The number of benzene rings is 2. The number of nitrogens with two attached hydrogens (primary N) is 1. The average molecular weight is 468 g/mol. The van der Waals surface area contributed by atoms with Crippen LogP contribution < -0.4 is 11.1 Å². The summed E-state index contributed by atoms with van der Waals surface area (Å²) in [6.45, 7) is 0. The van der Waals surface area contributed by atoms with Crippen LogP contribution in [0.5, 0.6) is 0 Å². The molecule has 1 aliphatic carbocycles. The molecule has 1 aromatic heterocycles. The summed E-state index contributed by atoms with van der Waals surface area (Å²) >= 11 is 0. The van der Waals surface area contributed by atoms with Gasteiger partial charge < -0.3 is 16.2 Å². The van der Waals surface area contributed by atoms with Gasteiger partial charge >= 0.3 is 5.97 Å². The molecule has 1 heterocycles. The van der Waals surface area contributed by atoms with Crippen molar-refractivity contribution in [2.75, 3.05) is 11.1 Å². The van der Waals surface area contributed by atoms with Crippen LogP contribution in [0, 0.1) is 23.3 Å². The maximum atomic E-state index is 14.8. The SMILES string of the molecule is Cl.Nc1nccc(Cc2cc(C(=O)O)c(Nc3ccc(C4CC4)cc3F)c(F)c2F)c1F. The van der Waals surface area contributed by atoms with E-state index in [1.807, 2.05) is 0 Å². The van der Waals surface area contributed by atoms with E-state index in [4.69, 9.17) is 5.73 Å². The molecule has 3 aromatic rings. The number of nitrogen functional groups attached to an aromatic ring is 1. The Morgan fingerprint density at radius 3 is 2.41 bits per heavy atom. The molecule has 1 saturated carbocycles. The number of halogens is 5. The van der Waals surface area contributed by atoms with Gasteiger partial charge in [-0.3, -0.25) is 0 Å². The molecule has 1 fully saturated rings. The number of hydrogen-bond donors (Lipinski definition) is 3. The molecule has 0 atom stereocenters. The summed E-state index contributed by atoms with van der Waals surface area (Å²) in [4.78, 5) is 15.3. The summed E-state index contributed by atoms with van der Waals surface area (Å²) in [6.07, 6.45) is 2.66. The standard InChI is InChI=1S/C22H17F4N3O2.ClH/c23-15-9-11(10-1-2-10)3-4-16(15)29-20-14(22(30)31)8-13(17(24)19(20)26)7-12-5-6-28-21(27)18(12)25;/h3-6,8-10,29H,1-2,7H2,(H2,27,28)(H,30,31);1H. The first-order valence-electron chi connectivity index (χ1n) is 9.45. The van der Waals surface area contributed by atoms with E-state index in [2.05, 4.69) is 10.3 Å². The number of aromatic carboxylic acids is 1. The zero-order chi connectivity index (χ0) is 22.3. The van der Waals surface area contributed by atoms with E-state index in [0.29, 0.717) is 0 Å². The normalized spacial score (nSPS) is 12.9. The van der Waals surface area contributed by atoms with Gasteiger partial charge in [0.05, 0.1) is 16.9 Å². The topological polar surface area (TPSA) is 88.2 Å². The smallest absolute Gasteiger partial charge is 0.337 e. The first kappa shape index (κ1) is 23.3. The Morgan fingerprint density at radius 1 is 1.06 bits per heavy atom. The van der Waals surface area contributed by atoms with Gasteiger partial charge in [0.15, 0.2) is 23.3 Å². The summed E-state index contributed by atoms with van der Waals surface area (Å²) in [5.74, 6) is -6.19. The summed E-state index contributed by atoms with van der Waals surface area (Å²) in [5, 5.41) is 11.9. The van der Waals surface area contributed by atoms with Crippen molar-refractivity contribution < 1.29 is 27.5 Å². The predicted molar refractivity (Wildman–Crippen MR) is 114 cm³/mol. The Labute approximate surface area is 186 Å². The molecule has 0 aliphatic heterocycles. The van der Waals surface area contributed by atoms with Crippen molar-refractivity contribution >= 4 is 35.6 Å². The zero-order valence-corrected chi connectivity index (χ0v) is 17.3. The van der Waals surface area contributed by atoms with Crippen molar-refractivity contribution in [3.05, 3.63) is 82.1 Å². The monoisotopic (exact) mass is 467 g/mol. The van der Waals surface area contributed by atoms with E-state index in [0.717, 1.165) is 24.5 Å². The van der Waals surface area contributed by atoms with E-state index in [9.17, 15) is 27.5 Å². The summed E-state index contributed by atoms with van der Waals surface area (Å²) < 4.78 is 58.1. The quantitative estimate of drug-likeness (QED) is 0.413. The van der Waals surface area contributed by atoms with E-state index in [-0.39, 0.29) is 29.6 Å². The number of nitrogens with zero attached hydrogens (tertiary/aromatic N) is 1. The lowest BCUT2D eigenvalue weighted by Crippen LogP contribution is -2.11. The highest BCUT2D eigenvalue weighted by Crippen LogP contribution is 2.41. The number of aromatic nitrogens is 1. The van der Waals surface area contributed by atoms with E-state index in [1.54, 1.807) is 6.07 Å². The van der Waals surface area contributed by atoms with E-state index in [1.165, 1.54) is 24.4 Å². The maximum absolute atomic E-state index is 14.8. The van der Waals surface area contributed by atoms with Crippen molar-refractivity contribution in [3.8, 4) is 0 Å². The zero-order valence-electron chi connectivity index (χ0n) is 16.5. The van der Waals surface area contributed by atoms with Crippen molar-refractivity contribution in [2.45, 2.75) is 25.2 Å². The Balaban J connectivity index is 0.00000289. The number of carboxylic acid groups (broad SMARTS) is 1. The van der Waals surface area contributed by atoms with Crippen LogP contribution in [-0.4, -0.2) is 16.1 Å². The first-order chi connectivity index (χ1) is 14.8. The molecule has 32 heavy (non-hydrogen) atoms. The van der Waals surface area contributed by atoms with Gasteiger partial charge in [0.25, 0.3) is 0 Å². The second-order valence-corrected chi connectivity index (χ2v) is 7.38. The third kappa shape index (κ3) is 4.47. The number of pyridine rings is 1. The Bertz CT molecular complexity index is 1200. The van der Waals surface area contributed by atoms with E-state index >= 15 is 0 Å². The van der Waals surface area contributed by atoms with Gasteiger partial charge in [0.1, 0.15) is 5.82 Å². The second kappa shape index (κ2) is 9.04. The number of rotatable bonds is 6. The van der Waals surface area contributed by atoms with Crippen molar-refractivity contribution in [1.82, 2.24) is 4.98 Å². The lowest BCUT2D eigenvalue weighted by molar-refractivity contribution is 0.0697. The number of carbonyl (C=O) groups is 1. The molecule has 0 radical (unpaired) electrons. The largest absolute Gasteiger partial charge is 0.478 e. The van der Waals surface area contributed by atoms with Crippen LogP contribution in [0.4, 0.5) is 34.8 Å². The molecule has 4 N–H and O–H groups in total. The van der Waals surface area contributed by atoms with Crippen molar-refractivity contribution in [3.63, 3.8) is 0 Å². The molecule has 10 heteroatoms. The Kier molecular flexibility index (Phi) is 6.59. The van der Waals surface area contributed by atoms with Crippen molar-refractivity contribution in [2.24, 2.45) is 0 Å². The highest BCUT2D eigenvalue weighted by molar-refractivity contribution is 5.95. The third-order valence-corrected chi connectivity index (χ3v) is 5.19. The Morgan fingerprint density at radius 2 is 1.78 bits per heavy atom. The lowest BCUT2D eigenvalue weighted by atomic mass is 10.00. The minimum absolute atomic E-state index is 0. The van der Waals surface area contributed by atoms with Crippen LogP contribution in [0.2, 0.25) is 0 Å². The van der Waals surface area contributed by atoms with Crippen molar-refractivity contribution in [1.29, 1.82) is 0 Å². The fraction of sp³-hybridized carbons (Fsp3) is 0.182. The van der Waals surface area contributed by atoms with Gasteiger partial charge in [0.2, 0.25) is 0 Å². The summed E-state index contributed by atoms with van der Waals surface area (Å²) in [5.41, 5.74) is 4.17. The molecule has 5 nitrogen and oxygen atoms in total. The van der Waals surface area contributed by atoms with Crippen LogP contribution >= 0.6 is 12.4 Å². The average Bonchev–Trinajstić information content (AvgIpc) is 3.57. The lowest BCUT2D eigenvalue weighted by Gasteiger charge is -2.15. The number of carboxylic acids is 1. The second-order valence-electron chi connectivity index (χ2n) is 7.38. The van der Waals surface area contributed by atoms with Crippen LogP contribution in [0.3, 0.4) is 0 Å². The molecule has 1 aliphatic rings. The molecule has 4 rings (SSSR count). The minimum atomic E-state index is -1.56. The highest BCUT2D eigenvalue weighted by atomic mass is 35.5. The number of hydrogen-bond acceptors (Lipinski definition) is 4. The minimum Gasteiger partial charge on any atom is -0.478 e. The predicted octanol–water partition coefficient (Wildman–Crippen LogP) is 5.55. The first-order valence-corrected chi connectivity index (χ1v) is 9.45. The highest BCUT2D eigenvalue weighted by Gasteiger charge is 2.26. The molecule has 2 aromatic carbocycles. The fourth-order valence-electron chi connectivity index (χ4n) is 3.38. The molecule has 0 amide bonds. The molecule has 0 bridgehead atoms. The van der Waals surface area contributed by atoms with Gasteiger partial charge in [-0.25, -0.2) is 27.3 Å². The molecule has 168 valence electrons. The maximum Gasteiger partial charge on any atom is 0.337 e. The van der Waals surface area contributed by atoms with Crippen LogP contribution in [-0.2, 0) is 6.42 Å². The van der Waals surface area contributed by atoms with Gasteiger partial charge in [-0.05, 0) is 59.7 Å². The number of anilines is 3. The number of nitrogens with one attached hydrogen (secondary N) is 1. The molecular formula is C22H18ClF4N3O2. The molecule has 0 unspecified atom stereocenters. The van der Waals surface area contributed by atoms with Gasteiger partial charge in [-0.2, -0.15) is 0 Å². The summed E-state index contributed by atoms with van der Waals surface area (Å²) in [6, 6.07) is 6.42. The van der Waals surface area contributed by atoms with Gasteiger partial charge in [0, 0.05) is 12.6 Å².